The summed E-state index contributed by atoms with van der Waals surface area (Å²) in [5, 5.41) is 0.667. The highest BCUT2D eigenvalue weighted by atomic mass is 35.5. The molecule has 3 heterocycles. The molecule has 1 aliphatic heterocycles. The molecule has 26 heavy (non-hydrogen) atoms. The van der Waals surface area contributed by atoms with Crippen LogP contribution < -0.4 is 16.1 Å². The average molecular weight is 374 g/mol. The second-order valence-corrected chi connectivity index (χ2v) is 7.21. The highest BCUT2D eigenvalue weighted by Crippen LogP contribution is 2.33. The van der Waals surface area contributed by atoms with Crippen LogP contribution in [0, 0.1) is 5.92 Å². The molecule has 0 saturated heterocycles. The van der Waals surface area contributed by atoms with Gasteiger partial charge in [0.05, 0.1) is 0 Å². The predicted molar refractivity (Wildman–Crippen MR) is 103 cm³/mol. The van der Waals surface area contributed by atoms with Gasteiger partial charge in [0.25, 0.3) is 5.56 Å². The molecule has 1 aromatic carbocycles. The first-order chi connectivity index (χ1) is 12.4. The Morgan fingerprint density at radius 3 is 2.54 bits per heavy atom. The minimum atomic E-state index is -0.341. The van der Waals surface area contributed by atoms with E-state index in [9.17, 15) is 9.59 Å². The molecule has 0 fully saturated rings. The number of aromatic nitrogens is 4. The van der Waals surface area contributed by atoms with Gasteiger partial charge in [-0.1, -0.05) is 18.5 Å². The number of halogens is 1. The number of hydrogen-bond donors (Lipinski definition) is 0. The second kappa shape index (κ2) is 6.02. The Bertz CT molecular complexity index is 1110. The number of benzene rings is 1. The van der Waals surface area contributed by atoms with Crippen LogP contribution in [0.3, 0.4) is 0 Å². The van der Waals surface area contributed by atoms with E-state index >= 15 is 0 Å². The fourth-order valence-corrected chi connectivity index (χ4v) is 3.75. The Labute approximate surface area is 155 Å². The monoisotopic (exact) mass is 373 g/mol. The molecule has 1 aliphatic rings. The summed E-state index contributed by atoms with van der Waals surface area (Å²) in [4.78, 5) is 32.1. The lowest BCUT2D eigenvalue weighted by atomic mass is 10.1. The van der Waals surface area contributed by atoms with Gasteiger partial charge in [-0.2, -0.15) is 4.98 Å². The molecule has 0 saturated carbocycles. The van der Waals surface area contributed by atoms with E-state index in [2.05, 4.69) is 16.8 Å². The van der Waals surface area contributed by atoms with Crippen molar-refractivity contribution < 1.29 is 0 Å². The minimum Gasteiger partial charge on any atom is -0.312 e. The van der Waals surface area contributed by atoms with Crippen molar-refractivity contribution in [2.75, 3.05) is 11.4 Å². The van der Waals surface area contributed by atoms with Crippen molar-refractivity contribution in [3.05, 3.63) is 50.1 Å². The van der Waals surface area contributed by atoms with Gasteiger partial charge in [-0.25, -0.2) is 4.79 Å². The Morgan fingerprint density at radius 1 is 1.19 bits per heavy atom. The van der Waals surface area contributed by atoms with Crippen LogP contribution in [0.25, 0.3) is 11.2 Å². The van der Waals surface area contributed by atoms with Crippen molar-refractivity contribution in [2.45, 2.75) is 26.9 Å². The quantitative estimate of drug-likeness (QED) is 0.691. The molecular weight excluding hydrogens is 354 g/mol. The highest BCUT2D eigenvalue weighted by molar-refractivity contribution is 6.30. The number of anilines is 2. The third-order valence-corrected chi connectivity index (χ3v) is 5.15. The van der Waals surface area contributed by atoms with Crippen LogP contribution in [0.5, 0.6) is 0 Å². The average Bonchev–Trinajstić information content (AvgIpc) is 3.00. The predicted octanol–water partition coefficient (Wildman–Crippen LogP) is 2.36. The van der Waals surface area contributed by atoms with E-state index in [4.69, 9.17) is 11.6 Å². The molecule has 0 amide bonds. The SMILES string of the molecule is CCn1c(=O)c2c(nc3n2CC(C)CN3c2ccc(Cl)cc2)n(C)c1=O. The molecular formula is C18H20ClN5O2. The maximum Gasteiger partial charge on any atom is 0.332 e. The van der Waals surface area contributed by atoms with Crippen molar-refractivity contribution in [3.63, 3.8) is 0 Å². The van der Waals surface area contributed by atoms with Crippen LogP contribution in [0.15, 0.2) is 33.9 Å². The van der Waals surface area contributed by atoms with E-state index in [0.29, 0.717) is 41.1 Å². The highest BCUT2D eigenvalue weighted by Gasteiger charge is 2.29. The largest absolute Gasteiger partial charge is 0.332 e. The topological polar surface area (TPSA) is 65.1 Å². The number of aryl methyl sites for hydroxylation is 1. The van der Waals surface area contributed by atoms with E-state index < -0.39 is 0 Å². The summed E-state index contributed by atoms with van der Waals surface area (Å²) in [6, 6.07) is 7.55. The first-order valence-corrected chi connectivity index (χ1v) is 9.03. The van der Waals surface area contributed by atoms with Crippen molar-refractivity contribution >= 4 is 34.4 Å². The van der Waals surface area contributed by atoms with E-state index in [0.717, 1.165) is 12.2 Å². The molecule has 1 unspecified atom stereocenters. The van der Waals surface area contributed by atoms with Gasteiger partial charge in [-0.05, 0) is 37.1 Å². The number of nitrogens with zero attached hydrogens (tertiary/aromatic N) is 5. The van der Waals surface area contributed by atoms with Gasteiger partial charge in [0, 0.05) is 37.4 Å². The minimum absolute atomic E-state index is 0.283. The van der Waals surface area contributed by atoms with Gasteiger partial charge in [0.15, 0.2) is 11.2 Å². The van der Waals surface area contributed by atoms with Crippen molar-refractivity contribution in [1.82, 2.24) is 18.7 Å². The van der Waals surface area contributed by atoms with Crippen molar-refractivity contribution in [3.8, 4) is 0 Å². The molecule has 136 valence electrons. The second-order valence-electron chi connectivity index (χ2n) is 6.78. The lowest BCUT2D eigenvalue weighted by Crippen LogP contribution is -2.40. The van der Waals surface area contributed by atoms with Crippen LogP contribution in [0.4, 0.5) is 11.6 Å². The maximum absolute atomic E-state index is 12.9. The van der Waals surface area contributed by atoms with Crippen LogP contribution in [0.2, 0.25) is 5.02 Å². The van der Waals surface area contributed by atoms with E-state index in [1.54, 1.807) is 14.0 Å². The van der Waals surface area contributed by atoms with Gasteiger partial charge in [0.2, 0.25) is 5.95 Å². The molecule has 0 spiro atoms. The Hall–Kier alpha value is -2.54. The molecule has 7 nitrogen and oxygen atoms in total. The molecule has 0 N–H and O–H groups in total. The summed E-state index contributed by atoms with van der Waals surface area (Å²) in [5.41, 5.74) is 1.24. The number of hydrogen-bond acceptors (Lipinski definition) is 4. The summed E-state index contributed by atoms with van der Waals surface area (Å²) in [6.07, 6.45) is 0. The number of imidazole rings is 1. The molecule has 0 radical (unpaired) electrons. The van der Waals surface area contributed by atoms with Gasteiger partial charge < -0.3 is 9.47 Å². The summed E-state index contributed by atoms with van der Waals surface area (Å²) in [6.45, 7) is 5.73. The summed E-state index contributed by atoms with van der Waals surface area (Å²) >= 11 is 6.01. The first-order valence-electron chi connectivity index (χ1n) is 8.65. The fraction of sp³-hybridized carbons (Fsp3) is 0.389. The molecule has 4 rings (SSSR count). The van der Waals surface area contributed by atoms with Crippen molar-refractivity contribution in [2.24, 2.45) is 13.0 Å². The van der Waals surface area contributed by atoms with E-state index in [1.807, 2.05) is 28.8 Å². The van der Waals surface area contributed by atoms with Crippen molar-refractivity contribution in [1.29, 1.82) is 0 Å². The lowest BCUT2D eigenvalue weighted by molar-refractivity contribution is 0.458. The van der Waals surface area contributed by atoms with Crippen LogP contribution in [0.1, 0.15) is 13.8 Å². The summed E-state index contributed by atoms with van der Waals surface area (Å²) in [5.74, 6) is 1.00. The Morgan fingerprint density at radius 2 is 1.88 bits per heavy atom. The van der Waals surface area contributed by atoms with Crippen LogP contribution in [-0.2, 0) is 20.1 Å². The lowest BCUT2D eigenvalue weighted by Gasteiger charge is -2.33. The molecule has 0 aliphatic carbocycles. The van der Waals surface area contributed by atoms with Gasteiger partial charge in [-0.15, -0.1) is 0 Å². The summed E-state index contributed by atoms with van der Waals surface area (Å²) < 4.78 is 4.64. The number of fused-ring (bicyclic) bond motifs is 3. The zero-order valence-corrected chi connectivity index (χ0v) is 15.7. The fourth-order valence-electron chi connectivity index (χ4n) is 3.62. The Kier molecular flexibility index (Phi) is 3.91. The maximum atomic E-state index is 12.9. The zero-order chi connectivity index (χ0) is 18.6. The molecule has 8 heteroatoms. The molecule has 0 bridgehead atoms. The summed E-state index contributed by atoms with van der Waals surface area (Å²) in [7, 11) is 1.66. The van der Waals surface area contributed by atoms with Gasteiger partial charge in [0.1, 0.15) is 0 Å². The smallest absolute Gasteiger partial charge is 0.312 e. The van der Waals surface area contributed by atoms with Gasteiger partial charge >= 0.3 is 5.69 Å². The zero-order valence-electron chi connectivity index (χ0n) is 14.9. The normalized spacial score (nSPS) is 16.9. The third-order valence-electron chi connectivity index (χ3n) is 4.90. The van der Waals surface area contributed by atoms with Gasteiger partial charge in [-0.3, -0.25) is 13.9 Å². The van der Waals surface area contributed by atoms with Crippen LogP contribution in [-0.4, -0.2) is 25.2 Å². The first kappa shape index (κ1) is 16.9. The van der Waals surface area contributed by atoms with Crippen LogP contribution >= 0.6 is 11.6 Å². The molecule has 1 atom stereocenters. The molecule has 3 aromatic rings. The Balaban J connectivity index is 2.03. The van der Waals surface area contributed by atoms with E-state index in [1.165, 1.54) is 9.13 Å². The standard InChI is InChI=1S/C18H20ClN5O2/c1-4-22-16(25)14-15(21(3)18(22)26)20-17-23(9-11(2)10-24(14)17)13-7-5-12(19)6-8-13/h5-8,11H,4,9-10H2,1-3H3. The molecule has 2 aromatic heterocycles. The number of rotatable bonds is 2. The van der Waals surface area contributed by atoms with E-state index in [-0.39, 0.29) is 11.2 Å². The third kappa shape index (κ3) is 2.38.